The van der Waals surface area contributed by atoms with E-state index in [9.17, 15) is 13.2 Å². The Kier molecular flexibility index (Phi) is 2.94. The van der Waals surface area contributed by atoms with E-state index in [0.29, 0.717) is 17.2 Å². The molecule has 11 heteroatoms. The Labute approximate surface area is 116 Å². The van der Waals surface area contributed by atoms with Crippen LogP contribution in [0.2, 0.25) is 0 Å². The van der Waals surface area contributed by atoms with Crippen LogP contribution in [0.4, 0.5) is 6.01 Å². The lowest BCUT2D eigenvalue weighted by Gasteiger charge is -2.01. The minimum absolute atomic E-state index is 0.193. The maximum Gasteiger partial charge on any atom is 0.356 e. The zero-order valence-corrected chi connectivity index (χ0v) is 11.4. The molecular formula is C9H8N4O5S2. The van der Waals surface area contributed by atoms with E-state index < -0.39 is 25.9 Å². The summed E-state index contributed by atoms with van der Waals surface area (Å²) in [7, 11) is -4.11. The van der Waals surface area contributed by atoms with Crippen molar-refractivity contribution in [2.24, 2.45) is 0 Å². The molecule has 0 unspecified atom stereocenters. The molecule has 20 heavy (non-hydrogen) atoms. The van der Waals surface area contributed by atoms with Gasteiger partial charge in [-0.05, 0) is 12.8 Å². The molecule has 2 heterocycles. The molecule has 2 aromatic rings. The molecule has 3 rings (SSSR count). The molecule has 1 aliphatic rings. The van der Waals surface area contributed by atoms with Gasteiger partial charge in [0, 0.05) is 5.92 Å². The molecule has 0 bridgehead atoms. The fourth-order valence-corrected chi connectivity index (χ4v) is 3.57. The second-order valence-corrected chi connectivity index (χ2v) is 6.85. The van der Waals surface area contributed by atoms with Crippen molar-refractivity contribution in [1.82, 2.24) is 15.2 Å². The summed E-state index contributed by atoms with van der Waals surface area (Å²) in [5, 5.41) is 16.2. The lowest BCUT2D eigenvalue weighted by Crippen LogP contribution is -2.15. The van der Waals surface area contributed by atoms with Crippen LogP contribution in [0.3, 0.4) is 0 Å². The second-order valence-electron chi connectivity index (χ2n) is 4.12. The number of rotatable bonds is 5. The molecule has 2 aromatic heterocycles. The van der Waals surface area contributed by atoms with Gasteiger partial charge in [0.2, 0.25) is 5.89 Å². The van der Waals surface area contributed by atoms with Gasteiger partial charge in [-0.2, -0.15) is 0 Å². The minimum atomic E-state index is -4.11. The normalized spacial score (nSPS) is 15.2. The van der Waals surface area contributed by atoms with Crippen LogP contribution in [-0.2, 0) is 10.0 Å². The number of hydrogen-bond acceptors (Lipinski definition) is 8. The number of anilines is 1. The highest BCUT2D eigenvalue weighted by atomic mass is 32.2. The first-order valence-electron chi connectivity index (χ1n) is 5.50. The molecule has 9 nitrogen and oxygen atoms in total. The smallest absolute Gasteiger partial charge is 0.356 e. The van der Waals surface area contributed by atoms with E-state index in [2.05, 4.69) is 19.9 Å². The topological polar surface area (TPSA) is 135 Å². The Bertz CT molecular complexity index is 761. The van der Waals surface area contributed by atoms with Crippen LogP contribution in [0.25, 0.3) is 0 Å². The summed E-state index contributed by atoms with van der Waals surface area (Å²) in [5.41, 5.74) is 0.603. The molecule has 0 aromatic carbocycles. The molecule has 0 saturated heterocycles. The van der Waals surface area contributed by atoms with Crippen LogP contribution in [0.15, 0.2) is 14.1 Å². The number of aromatic carboxylic acids is 1. The first-order chi connectivity index (χ1) is 9.47. The average Bonchev–Trinajstić information content (AvgIpc) is 2.91. The SMILES string of the molecule is O=C(O)c1ncsc1S(=O)(=O)Nc1nnc(C2CC2)o1. The predicted molar refractivity (Wildman–Crippen MR) is 66.2 cm³/mol. The van der Waals surface area contributed by atoms with Gasteiger partial charge in [0.1, 0.15) is 0 Å². The van der Waals surface area contributed by atoms with Gasteiger partial charge >= 0.3 is 12.0 Å². The molecule has 0 atom stereocenters. The second kappa shape index (κ2) is 4.52. The summed E-state index contributed by atoms with van der Waals surface area (Å²) >= 11 is 0.697. The van der Waals surface area contributed by atoms with Crippen molar-refractivity contribution in [3.63, 3.8) is 0 Å². The van der Waals surface area contributed by atoms with Crippen LogP contribution in [-0.4, -0.2) is 34.7 Å². The van der Waals surface area contributed by atoms with Crippen molar-refractivity contribution in [3.05, 3.63) is 17.1 Å². The first kappa shape index (κ1) is 13.0. The van der Waals surface area contributed by atoms with Crippen molar-refractivity contribution in [3.8, 4) is 0 Å². The standard InChI is InChI=1S/C9H8N4O5S2/c14-7(15)5-8(19-3-10-5)20(16,17)13-9-12-11-6(18-9)4-1-2-4/h3-4H,1-2H2,(H,12,13)(H,14,15). The summed E-state index contributed by atoms with van der Waals surface area (Å²) < 4.78 is 30.9. The monoisotopic (exact) mass is 316 g/mol. The molecule has 0 spiro atoms. The van der Waals surface area contributed by atoms with Gasteiger partial charge in [-0.3, -0.25) is 0 Å². The van der Waals surface area contributed by atoms with E-state index >= 15 is 0 Å². The van der Waals surface area contributed by atoms with Gasteiger partial charge < -0.3 is 9.52 Å². The maximum absolute atomic E-state index is 12.1. The number of carbonyl (C=O) groups is 1. The summed E-state index contributed by atoms with van der Waals surface area (Å²) in [5.74, 6) is -0.847. The van der Waals surface area contributed by atoms with Gasteiger partial charge in [-0.1, -0.05) is 5.10 Å². The van der Waals surface area contributed by atoms with Crippen LogP contribution in [0, 0.1) is 0 Å². The van der Waals surface area contributed by atoms with Gasteiger partial charge in [-0.25, -0.2) is 22.9 Å². The highest BCUT2D eigenvalue weighted by Gasteiger charge is 2.31. The predicted octanol–water partition coefficient (Wildman–Crippen LogP) is 0.902. The fourth-order valence-electron chi connectivity index (χ4n) is 1.50. The van der Waals surface area contributed by atoms with Crippen LogP contribution < -0.4 is 4.72 Å². The minimum Gasteiger partial charge on any atom is -0.476 e. The number of carboxylic acids is 1. The lowest BCUT2D eigenvalue weighted by molar-refractivity contribution is 0.0687. The molecule has 1 fully saturated rings. The molecule has 106 valence electrons. The van der Waals surface area contributed by atoms with Gasteiger partial charge in [0.25, 0.3) is 10.0 Å². The summed E-state index contributed by atoms with van der Waals surface area (Å²) in [6.45, 7) is 0. The summed E-state index contributed by atoms with van der Waals surface area (Å²) in [4.78, 5) is 14.4. The number of sulfonamides is 1. The first-order valence-corrected chi connectivity index (χ1v) is 7.86. The average molecular weight is 316 g/mol. The largest absolute Gasteiger partial charge is 0.476 e. The highest BCUT2D eigenvalue weighted by Crippen LogP contribution is 2.39. The van der Waals surface area contributed by atoms with Crippen molar-refractivity contribution in [2.75, 3.05) is 4.72 Å². The Morgan fingerprint density at radius 3 is 2.85 bits per heavy atom. The lowest BCUT2D eigenvalue weighted by atomic mass is 10.4. The number of carboxylic acid groups (broad SMARTS) is 1. The van der Waals surface area contributed by atoms with E-state index in [1.165, 1.54) is 0 Å². The van der Waals surface area contributed by atoms with E-state index in [4.69, 9.17) is 9.52 Å². The number of hydrogen-bond donors (Lipinski definition) is 2. The third-order valence-electron chi connectivity index (χ3n) is 2.57. The number of nitrogens with zero attached hydrogens (tertiary/aromatic N) is 3. The van der Waals surface area contributed by atoms with Crippen molar-refractivity contribution >= 4 is 33.3 Å². The Hall–Kier alpha value is -2.01. The molecular weight excluding hydrogens is 308 g/mol. The van der Waals surface area contributed by atoms with E-state index in [1.54, 1.807) is 0 Å². The number of nitrogens with one attached hydrogen (secondary N) is 1. The Morgan fingerprint density at radius 1 is 1.45 bits per heavy atom. The zero-order valence-electron chi connectivity index (χ0n) is 9.81. The van der Waals surface area contributed by atoms with Crippen LogP contribution in [0.5, 0.6) is 0 Å². The van der Waals surface area contributed by atoms with E-state index in [1.807, 2.05) is 0 Å². The number of thiazole rings is 1. The Balaban J connectivity index is 1.87. The molecule has 1 aliphatic carbocycles. The molecule has 2 N–H and O–H groups in total. The maximum atomic E-state index is 12.1. The fraction of sp³-hybridized carbons (Fsp3) is 0.333. The summed E-state index contributed by atoms with van der Waals surface area (Å²) in [6, 6.07) is -0.281. The van der Waals surface area contributed by atoms with Crippen molar-refractivity contribution in [2.45, 2.75) is 23.0 Å². The molecule has 0 amide bonds. The Morgan fingerprint density at radius 2 is 2.20 bits per heavy atom. The molecule has 1 saturated carbocycles. The van der Waals surface area contributed by atoms with Gasteiger partial charge in [0.05, 0.1) is 5.51 Å². The molecule has 0 aliphatic heterocycles. The number of aromatic nitrogens is 3. The highest BCUT2D eigenvalue weighted by molar-refractivity contribution is 7.94. The van der Waals surface area contributed by atoms with Crippen LogP contribution >= 0.6 is 11.3 Å². The van der Waals surface area contributed by atoms with Gasteiger partial charge in [0.15, 0.2) is 9.90 Å². The van der Waals surface area contributed by atoms with E-state index in [-0.39, 0.29) is 11.9 Å². The van der Waals surface area contributed by atoms with Gasteiger partial charge in [-0.15, -0.1) is 16.4 Å². The quantitative estimate of drug-likeness (QED) is 0.830. The summed E-state index contributed by atoms with van der Waals surface area (Å²) in [6.07, 6.45) is 1.87. The third kappa shape index (κ3) is 2.36. The van der Waals surface area contributed by atoms with E-state index in [0.717, 1.165) is 18.4 Å². The van der Waals surface area contributed by atoms with Crippen molar-refractivity contribution < 1.29 is 22.7 Å². The zero-order chi connectivity index (χ0) is 14.3. The molecule has 0 radical (unpaired) electrons. The third-order valence-corrected chi connectivity index (χ3v) is 5.26. The van der Waals surface area contributed by atoms with Crippen LogP contribution in [0.1, 0.15) is 35.1 Å². The van der Waals surface area contributed by atoms with Crippen molar-refractivity contribution in [1.29, 1.82) is 0 Å².